The third-order valence-electron chi connectivity index (χ3n) is 3.50. The second kappa shape index (κ2) is 4.34. The number of aromatic nitrogens is 1. The minimum absolute atomic E-state index is 0.179. The van der Waals surface area contributed by atoms with Crippen LogP contribution in [0.1, 0.15) is 27.3 Å². The van der Waals surface area contributed by atoms with E-state index in [9.17, 15) is 19.5 Å². The van der Waals surface area contributed by atoms with Crippen molar-refractivity contribution >= 4 is 11.9 Å². The van der Waals surface area contributed by atoms with Crippen molar-refractivity contribution < 1.29 is 24.5 Å². The van der Waals surface area contributed by atoms with Gasteiger partial charge in [-0.2, -0.15) is 0 Å². The van der Waals surface area contributed by atoms with E-state index >= 15 is 0 Å². The van der Waals surface area contributed by atoms with Crippen LogP contribution in [0.2, 0.25) is 0 Å². The van der Waals surface area contributed by atoms with Crippen LogP contribution in [0.15, 0.2) is 11.0 Å². The summed E-state index contributed by atoms with van der Waals surface area (Å²) in [7, 11) is 0. The zero-order chi connectivity index (χ0) is 14.4. The summed E-state index contributed by atoms with van der Waals surface area (Å²) >= 11 is 0. The normalized spacial score (nSPS) is 21.3. The molecular weight excluding hydrogens is 268 g/mol. The van der Waals surface area contributed by atoms with Crippen molar-refractivity contribution in [3.8, 4) is 5.75 Å². The van der Waals surface area contributed by atoms with Gasteiger partial charge in [0.05, 0.1) is 13.2 Å². The molecule has 20 heavy (non-hydrogen) atoms. The van der Waals surface area contributed by atoms with Gasteiger partial charge in [-0.1, -0.05) is 0 Å². The summed E-state index contributed by atoms with van der Waals surface area (Å²) in [4.78, 5) is 36.4. The van der Waals surface area contributed by atoms with Crippen LogP contribution in [0.25, 0.3) is 0 Å². The summed E-state index contributed by atoms with van der Waals surface area (Å²) in [6.45, 7) is 1.19. The SMILES string of the molecule is O=C(O)c1cn2c(c(O)c1=O)C(=O)N1CCCOC1C2. The standard InChI is InChI=1S/C12H12N2O6/c15-9-6(12(18)19)4-13-5-7-14(2-1-3-20-7)11(17)8(13)10(9)16/h4,7,16H,1-3,5H2,(H,18,19). The summed E-state index contributed by atoms with van der Waals surface area (Å²) in [5.41, 5.74) is -1.79. The molecule has 3 heterocycles. The molecular formula is C12H12N2O6. The lowest BCUT2D eigenvalue weighted by Gasteiger charge is -2.40. The van der Waals surface area contributed by atoms with Crippen LogP contribution >= 0.6 is 0 Å². The van der Waals surface area contributed by atoms with Crippen LogP contribution in [0, 0.1) is 0 Å². The summed E-state index contributed by atoms with van der Waals surface area (Å²) < 4.78 is 6.73. The van der Waals surface area contributed by atoms with Gasteiger partial charge in [0.15, 0.2) is 17.7 Å². The predicted octanol–water partition coefficient (Wildman–Crippen LogP) is -0.546. The molecule has 0 aromatic carbocycles. The van der Waals surface area contributed by atoms with E-state index in [-0.39, 0.29) is 12.2 Å². The second-order valence-corrected chi connectivity index (χ2v) is 4.70. The quantitative estimate of drug-likeness (QED) is 0.714. The lowest BCUT2D eigenvalue weighted by molar-refractivity contribution is -0.0920. The number of aromatic carboxylic acids is 1. The predicted molar refractivity (Wildman–Crippen MR) is 64.7 cm³/mol. The summed E-state index contributed by atoms with van der Waals surface area (Å²) in [5.74, 6) is -2.79. The molecule has 2 aliphatic rings. The molecule has 2 aliphatic heterocycles. The summed E-state index contributed by atoms with van der Waals surface area (Å²) in [5, 5.41) is 18.8. The Balaban J connectivity index is 2.18. The smallest absolute Gasteiger partial charge is 0.341 e. The highest BCUT2D eigenvalue weighted by Crippen LogP contribution is 2.26. The third kappa shape index (κ3) is 1.68. The van der Waals surface area contributed by atoms with E-state index in [0.29, 0.717) is 19.6 Å². The zero-order valence-electron chi connectivity index (χ0n) is 10.4. The van der Waals surface area contributed by atoms with Crippen molar-refractivity contribution in [2.75, 3.05) is 13.2 Å². The highest BCUT2D eigenvalue weighted by molar-refractivity contribution is 5.97. The third-order valence-corrected chi connectivity index (χ3v) is 3.50. The van der Waals surface area contributed by atoms with Gasteiger partial charge in [0.25, 0.3) is 5.91 Å². The zero-order valence-corrected chi connectivity index (χ0v) is 10.4. The molecule has 0 radical (unpaired) electrons. The maximum atomic E-state index is 12.3. The van der Waals surface area contributed by atoms with Gasteiger partial charge in [-0.25, -0.2) is 4.79 Å². The Bertz CT molecular complexity index is 665. The average molecular weight is 280 g/mol. The van der Waals surface area contributed by atoms with Crippen LogP contribution in [0.5, 0.6) is 5.75 Å². The molecule has 2 N–H and O–H groups in total. The molecule has 1 aromatic rings. The first-order chi connectivity index (χ1) is 9.50. The molecule has 8 heteroatoms. The number of amides is 1. The molecule has 1 saturated heterocycles. The van der Waals surface area contributed by atoms with Crippen LogP contribution in [-0.4, -0.2) is 50.9 Å². The first-order valence-corrected chi connectivity index (χ1v) is 6.13. The molecule has 8 nitrogen and oxygen atoms in total. The maximum absolute atomic E-state index is 12.3. The number of fused-ring (bicyclic) bond motifs is 2. The number of hydrogen-bond acceptors (Lipinski definition) is 5. The average Bonchev–Trinajstić information content (AvgIpc) is 2.42. The second-order valence-electron chi connectivity index (χ2n) is 4.70. The van der Waals surface area contributed by atoms with Gasteiger partial charge in [-0.3, -0.25) is 9.59 Å². The number of nitrogens with zero attached hydrogens (tertiary/aromatic N) is 2. The lowest BCUT2D eigenvalue weighted by atomic mass is 10.1. The Kier molecular flexibility index (Phi) is 2.75. The molecule has 1 fully saturated rings. The molecule has 0 saturated carbocycles. The van der Waals surface area contributed by atoms with Gasteiger partial charge in [0.1, 0.15) is 5.56 Å². The van der Waals surface area contributed by atoms with E-state index < -0.39 is 34.8 Å². The fourth-order valence-corrected chi connectivity index (χ4v) is 2.55. The minimum atomic E-state index is -1.44. The van der Waals surface area contributed by atoms with Crippen molar-refractivity contribution in [1.82, 2.24) is 9.47 Å². The van der Waals surface area contributed by atoms with Crippen molar-refractivity contribution in [2.45, 2.75) is 19.2 Å². The molecule has 1 aromatic heterocycles. The molecule has 106 valence electrons. The molecule has 1 atom stereocenters. The minimum Gasteiger partial charge on any atom is -0.503 e. The highest BCUT2D eigenvalue weighted by atomic mass is 16.5. The van der Waals surface area contributed by atoms with Crippen LogP contribution in [0.3, 0.4) is 0 Å². The Morgan fingerprint density at radius 1 is 1.40 bits per heavy atom. The number of pyridine rings is 1. The van der Waals surface area contributed by atoms with Crippen molar-refractivity contribution in [1.29, 1.82) is 0 Å². The van der Waals surface area contributed by atoms with Gasteiger partial charge < -0.3 is 24.4 Å². The fourth-order valence-electron chi connectivity index (χ4n) is 2.55. The van der Waals surface area contributed by atoms with Crippen LogP contribution in [0.4, 0.5) is 0 Å². The number of carbonyl (C=O) groups excluding carboxylic acids is 1. The highest BCUT2D eigenvalue weighted by Gasteiger charge is 2.37. The molecule has 0 aliphatic carbocycles. The van der Waals surface area contributed by atoms with Gasteiger partial charge >= 0.3 is 5.97 Å². The monoisotopic (exact) mass is 280 g/mol. The van der Waals surface area contributed by atoms with E-state index in [2.05, 4.69) is 0 Å². The van der Waals surface area contributed by atoms with Crippen LogP contribution in [-0.2, 0) is 11.3 Å². The molecule has 0 spiro atoms. The summed E-state index contributed by atoms with van der Waals surface area (Å²) in [6, 6.07) is 0. The first-order valence-electron chi connectivity index (χ1n) is 6.13. The number of carbonyl (C=O) groups is 2. The Labute approximate surface area is 112 Å². The maximum Gasteiger partial charge on any atom is 0.341 e. The summed E-state index contributed by atoms with van der Waals surface area (Å²) in [6.07, 6.45) is 1.26. The Morgan fingerprint density at radius 2 is 2.15 bits per heavy atom. The topological polar surface area (TPSA) is 109 Å². The first kappa shape index (κ1) is 12.7. The number of aromatic hydroxyl groups is 1. The Hall–Kier alpha value is -2.35. The van der Waals surface area contributed by atoms with E-state index in [1.807, 2.05) is 0 Å². The molecule has 1 unspecified atom stereocenters. The van der Waals surface area contributed by atoms with Gasteiger partial charge in [0, 0.05) is 12.7 Å². The number of carboxylic acids is 1. The largest absolute Gasteiger partial charge is 0.503 e. The van der Waals surface area contributed by atoms with Crippen LogP contribution < -0.4 is 5.43 Å². The van der Waals surface area contributed by atoms with E-state index in [1.54, 1.807) is 0 Å². The van der Waals surface area contributed by atoms with Gasteiger partial charge in [-0.15, -0.1) is 0 Å². The van der Waals surface area contributed by atoms with Gasteiger partial charge in [-0.05, 0) is 6.42 Å². The molecule has 1 amide bonds. The number of carboxylic acid groups (broad SMARTS) is 1. The number of rotatable bonds is 1. The van der Waals surface area contributed by atoms with E-state index in [1.165, 1.54) is 9.47 Å². The number of hydrogen-bond donors (Lipinski definition) is 2. The van der Waals surface area contributed by atoms with E-state index in [0.717, 1.165) is 6.20 Å². The fraction of sp³-hybridized carbons (Fsp3) is 0.417. The molecule has 0 bridgehead atoms. The Morgan fingerprint density at radius 3 is 2.85 bits per heavy atom. The molecule has 3 rings (SSSR count). The lowest BCUT2D eigenvalue weighted by Crippen LogP contribution is -2.53. The van der Waals surface area contributed by atoms with E-state index in [4.69, 9.17) is 9.84 Å². The van der Waals surface area contributed by atoms with Crippen molar-refractivity contribution in [3.05, 3.63) is 27.7 Å². The van der Waals surface area contributed by atoms with Crippen molar-refractivity contribution in [2.24, 2.45) is 0 Å². The number of ether oxygens (including phenoxy) is 1. The van der Waals surface area contributed by atoms with Crippen molar-refractivity contribution in [3.63, 3.8) is 0 Å². The van der Waals surface area contributed by atoms with Gasteiger partial charge in [0.2, 0.25) is 5.43 Å².